The number of ketones is 1. The van der Waals surface area contributed by atoms with Gasteiger partial charge < -0.3 is 14.5 Å². The first-order valence-corrected chi connectivity index (χ1v) is 9.91. The van der Waals surface area contributed by atoms with Gasteiger partial charge in [0.25, 0.3) is 0 Å². The van der Waals surface area contributed by atoms with Gasteiger partial charge in [-0.3, -0.25) is 9.59 Å². The third-order valence-electron chi connectivity index (χ3n) is 7.26. The second-order valence-electron chi connectivity index (χ2n) is 8.56. The maximum absolute atomic E-state index is 13.7. The molecular weight excluding hydrogens is 340 g/mol. The van der Waals surface area contributed by atoms with Crippen molar-refractivity contribution in [2.24, 2.45) is 11.8 Å². The van der Waals surface area contributed by atoms with Crippen LogP contribution in [0.1, 0.15) is 32.3 Å². The van der Waals surface area contributed by atoms with Crippen LogP contribution in [0.2, 0.25) is 0 Å². The number of carbonyl (C=O) groups excluding carboxylic acids is 2. The van der Waals surface area contributed by atoms with Gasteiger partial charge in [0.05, 0.1) is 24.2 Å². The molecule has 1 saturated heterocycles. The van der Waals surface area contributed by atoms with Crippen LogP contribution in [0.15, 0.2) is 36.0 Å². The van der Waals surface area contributed by atoms with Crippen molar-refractivity contribution in [3.63, 3.8) is 0 Å². The van der Waals surface area contributed by atoms with E-state index in [0.717, 1.165) is 24.2 Å². The van der Waals surface area contributed by atoms with E-state index in [1.807, 2.05) is 23.1 Å². The number of carbonyl (C=O) groups is 2. The largest absolute Gasteiger partial charge is 0.380 e. The molecule has 0 N–H and O–H groups in total. The summed E-state index contributed by atoms with van der Waals surface area (Å²) in [5.41, 5.74) is 2.53. The van der Waals surface area contributed by atoms with Gasteiger partial charge in [0, 0.05) is 44.7 Å². The number of hydrogen-bond donors (Lipinski definition) is 0. The molecule has 4 bridgehead atoms. The summed E-state index contributed by atoms with van der Waals surface area (Å²) in [7, 11) is 2.08. The molecule has 4 aliphatic rings. The van der Waals surface area contributed by atoms with E-state index in [1.54, 1.807) is 6.92 Å². The summed E-state index contributed by atoms with van der Waals surface area (Å²) in [6, 6.07) is 7.86. The number of anilines is 1. The average molecular weight is 366 g/mol. The Labute approximate surface area is 160 Å². The average Bonchev–Trinajstić information content (AvgIpc) is 2.97. The van der Waals surface area contributed by atoms with Crippen LogP contribution in [-0.2, 0) is 19.7 Å². The second-order valence-corrected chi connectivity index (χ2v) is 8.56. The number of nitrogens with zero attached hydrogens (tertiary/aromatic N) is 2. The number of hydrogen-bond acceptors (Lipinski definition) is 4. The monoisotopic (exact) mass is 366 g/mol. The molecule has 2 unspecified atom stereocenters. The quantitative estimate of drug-likeness (QED) is 0.708. The van der Waals surface area contributed by atoms with Crippen LogP contribution < -0.4 is 4.90 Å². The lowest BCUT2D eigenvalue weighted by atomic mass is 9.56. The van der Waals surface area contributed by atoms with Crippen molar-refractivity contribution < 1.29 is 14.3 Å². The van der Waals surface area contributed by atoms with Crippen molar-refractivity contribution in [1.29, 1.82) is 0 Å². The van der Waals surface area contributed by atoms with Gasteiger partial charge in [0.2, 0.25) is 5.91 Å². The number of amides is 1. The Balaban J connectivity index is 1.78. The van der Waals surface area contributed by atoms with Crippen molar-refractivity contribution in [3.05, 3.63) is 41.6 Å². The zero-order valence-electron chi connectivity index (χ0n) is 16.1. The lowest BCUT2D eigenvalue weighted by Crippen LogP contribution is -2.63. The highest BCUT2D eigenvalue weighted by molar-refractivity contribution is 6.04. The molecule has 0 spiro atoms. The van der Waals surface area contributed by atoms with E-state index in [1.165, 1.54) is 5.57 Å². The van der Waals surface area contributed by atoms with Crippen LogP contribution in [0.3, 0.4) is 0 Å². The zero-order valence-corrected chi connectivity index (χ0v) is 16.1. The molecule has 1 aliphatic carbocycles. The normalized spacial score (nSPS) is 39.1. The molecule has 5 atom stereocenters. The summed E-state index contributed by atoms with van der Waals surface area (Å²) in [6.45, 7) is 5.09. The summed E-state index contributed by atoms with van der Waals surface area (Å²) in [5.74, 6) is 0.601. The number of Topliss-reactive ketones (excluding diaryl/α,β-unsaturated/α-hetero) is 1. The fourth-order valence-corrected chi connectivity index (χ4v) is 6.10. The Kier molecular flexibility index (Phi) is 3.57. The maximum Gasteiger partial charge on any atom is 0.224 e. The summed E-state index contributed by atoms with van der Waals surface area (Å²) in [6.07, 6.45) is 3.49. The van der Waals surface area contributed by atoms with E-state index < -0.39 is 5.41 Å². The first-order chi connectivity index (χ1) is 12.9. The molecule has 1 amide bonds. The van der Waals surface area contributed by atoms with Gasteiger partial charge in [0.1, 0.15) is 5.78 Å². The molecule has 0 radical (unpaired) electrons. The van der Waals surface area contributed by atoms with E-state index in [4.69, 9.17) is 4.74 Å². The first kappa shape index (κ1) is 17.0. The van der Waals surface area contributed by atoms with Gasteiger partial charge in [-0.25, -0.2) is 0 Å². The molecule has 5 nitrogen and oxygen atoms in total. The molecule has 1 saturated carbocycles. The molecule has 0 aromatic heterocycles. The Morgan fingerprint density at radius 1 is 1.30 bits per heavy atom. The minimum absolute atomic E-state index is 0.0135. The van der Waals surface area contributed by atoms with E-state index in [-0.39, 0.29) is 29.9 Å². The highest BCUT2D eigenvalue weighted by Crippen LogP contribution is 2.58. The topological polar surface area (TPSA) is 49.9 Å². The minimum atomic E-state index is -0.620. The third kappa shape index (κ3) is 2.09. The van der Waals surface area contributed by atoms with Crippen LogP contribution in [0.25, 0.3) is 0 Å². The molecule has 3 heterocycles. The molecule has 3 aliphatic heterocycles. The lowest BCUT2D eigenvalue weighted by molar-refractivity contribution is -0.134. The molecule has 27 heavy (non-hydrogen) atoms. The Bertz CT molecular complexity index is 863. The predicted molar refractivity (Wildman–Crippen MR) is 102 cm³/mol. The molecular formula is C22H26N2O3. The molecule has 142 valence electrons. The van der Waals surface area contributed by atoms with Gasteiger partial charge in [0.15, 0.2) is 0 Å². The first-order valence-electron chi connectivity index (χ1n) is 9.91. The van der Waals surface area contributed by atoms with Crippen LogP contribution in [0.4, 0.5) is 5.69 Å². The predicted octanol–water partition coefficient (Wildman–Crippen LogP) is 2.50. The van der Waals surface area contributed by atoms with Gasteiger partial charge in [-0.1, -0.05) is 18.2 Å². The summed E-state index contributed by atoms with van der Waals surface area (Å²) >= 11 is 0. The highest BCUT2D eigenvalue weighted by atomic mass is 16.5. The van der Waals surface area contributed by atoms with Crippen LogP contribution >= 0.6 is 0 Å². The number of benzene rings is 1. The van der Waals surface area contributed by atoms with E-state index >= 15 is 0 Å². The van der Waals surface area contributed by atoms with Crippen LogP contribution in [0, 0.1) is 11.8 Å². The number of para-hydroxylation sites is 1. The van der Waals surface area contributed by atoms with E-state index in [0.29, 0.717) is 18.8 Å². The third-order valence-corrected chi connectivity index (χ3v) is 7.26. The lowest BCUT2D eigenvalue weighted by Gasteiger charge is -2.51. The fourth-order valence-electron chi connectivity index (χ4n) is 6.10. The molecule has 1 aromatic carbocycles. The Morgan fingerprint density at radius 3 is 2.85 bits per heavy atom. The summed E-state index contributed by atoms with van der Waals surface area (Å²) in [5, 5.41) is 0. The number of ether oxygens (including phenoxy) is 1. The smallest absolute Gasteiger partial charge is 0.224 e. The molecule has 2 fully saturated rings. The Morgan fingerprint density at radius 2 is 2.07 bits per heavy atom. The van der Waals surface area contributed by atoms with Gasteiger partial charge in [-0.15, -0.1) is 0 Å². The number of fused-ring (bicyclic) bond motifs is 1. The van der Waals surface area contributed by atoms with Crippen molar-refractivity contribution in [3.8, 4) is 0 Å². The molecule has 5 rings (SSSR count). The van der Waals surface area contributed by atoms with Crippen molar-refractivity contribution in [2.75, 3.05) is 25.1 Å². The van der Waals surface area contributed by atoms with Gasteiger partial charge in [-0.2, -0.15) is 0 Å². The van der Waals surface area contributed by atoms with Crippen molar-refractivity contribution >= 4 is 17.4 Å². The number of rotatable bonds is 0. The van der Waals surface area contributed by atoms with Crippen molar-refractivity contribution in [1.82, 2.24) is 4.90 Å². The second kappa shape index (κ2) is 5.68. The fraction of sp³-hybridized carbons (Fsp3) is 0.545. The van der Waals surface area contributed by atoms with Crippen LogP contribution in [-0.4, -0.2) is 48.9 Å². The van der Waals surface area contributed by atoms with Crippen molar-refractivity contribution in [2.45, 2.75) is 44.2 Å². The standard InChI is InChI=1S/C22H26N2O3/c1-13-16-11-23(3)9-8-22-18-6-4-5-7-19(18)24(14(2)25)21(22)17(12-27-13)15(16)10-20(22)26/h4-7,11,13,15,17,21H,8-10,12H2,1-3H3/b16-11-/t13?,15-,17+,21-,22?/m0/s1. The van der Waals surface area contributed by atoms with E-state index in [9.17, 15) is 9.59 Å². The summed E-state index contributed by atoms with van der Waals surface area (Å²) < 4.78 is 6.16. The minimum Gasteiger partial charge on any atom is -0.380 e. The zero-order chi connectivity index (χ0) is 18.9. The van der Waals surface area contributed by atoms with E-state index in [2.05, 4.69) is 31.1 Å². The van der Waals surface area contributed by atoms with Gasteiger partial charge in [-0.05, 0) is 36.5 Å². The molecule has 1 aromatic rings. The van der Waals surface area contributed by atoms with Gasteiger partial charge >= 0.3 is 0 Å². The highest BCUT2D eigenvalue weighted by Gasteiger charge is 2.64. The maximum atomic E-state index is 13.7. The SMILES string of the molecule is CC(=O)N1c2ccccc2C23CCN(C)/C=C4/C(C)OC[C@@H]([C@H]12)[C@H]4CC3=O. The summed E-state index contributed by atoms with van der Waals surface area (Å²) in [4.78, 5) is 30.6. The Hall–Kier alpha value is -2.14. The van der Waals surface area contributed by atoms with Crippen LogP contribution in [0.5, 0.6) is 0 Å². The molecule has 5 heteroatoms.